The van der Waals surface area contributed by atoms with Crippen molar-refractivity contribution in [3.63, 3.8) is 0 Å². The Hall–Kier alpha value is -1.20. The highest BCUT2D eigenvalue weighted by Crippen LogP contribution is 2.15. The van der Waals surface area contributed by atoms with Crippen LogP contribution < -0.4 is 4.43 Å². The van der Waals surface area contributed by atoms with E-state index in [0.717, 1.165) is 5.75 Å². The zero-order valence-corrected chi connectivity index (χ0v) is 9.29. The fraction of sp³-hybridized carbons (Fsp3) is 0.273. The molecule has 0 aliphatic heterocycles. The Morgan fingerprint density at radius 3 is 2.23 bits per heavy atom. The second kappa shape index (κ2) is 3.67. The molecule has 0 fully saturated rings. The van der Waals surface area contributed by atoms with Crippen molar-refractivity contribution in [2.75, 3.05) is 0 Å². The van der Waals surface area contributed by atoms with Crippen LogP contribution in [0.15, 0.2) is 24.3 Å². The zero-order chi connectivity index (χ0) is 9.90. The van der Waals surface area contributed by atoms with Crippen molar-refractivity contribution in [1.29, 1.82) is 0 Å². The molecular weight excluding hydrogens is 176 g/mol. The Labute approximate surface area is 80.9 Å². The molecule has 68 valence electrons. The van der Waals surface area contributed by atoms with Crippen molar-refractivity contribution in [1.82, 2.24) is 0 Å². The molecule has 1 aromatic carbocycles. The minimum absolute atomic E-state index is 0.875. The lowest BCUT2D eigenvalue weighted by Gasteiger charge is -2.17. The predicted octanol–water partition coefficient (Wildman–Crippen LogP) is 2.75. The summed E-state index contributed by atoms with van der Waals surface area (Å²) in [5.74, 6) is 0.875. The van der Waals surface area contributed by atoms with Gasteiger partial charge in [-0.15, -0.1) is 6.42 Å². The average molecular weight is 190 g/mol. The molecular formula is C11H14OSi. The number of benzene rings is 1. The lowest BCUT2D eigenvalue weighted by molar-refractivity contribution is 0.566. The van der Waals surface area contributed by atoms with Crippen LogP contribution in [0.4, 0.5) is 0 Å². The molecule has 0 saturated heterocycles. The molecule has 0 aliphatic carbocycles. The summed E-state index contributed by atoms with van der Waals surface area (Å²) in [4.78, 5) is 0. The van der Waals surface area contributed by atoms with Gasteiger partial charge in [-0.25, -0.2) is 0 Å². The Morgan fingerprint density at radius 2 is 1.77 bits per heavy atom. The first-order valence-corrected chi connectivity index (χ1v) is 7.18. The maximum atomic E-state index is 5.71. The molecule has 1 aromatic rings. The van der Waals surface area contributed by atoms with Gasteiger partial charge < -0.3 is 4.43 Å². The van der Waals surface area contributed by atoms with E-state index in [9.17, 15) is 0 Å². The van der Waals surface area contributed by atoms with Gasteiger partial charge >= 0.3 is 8.32 Å². The quantitative estimate of drug-likeness (QED) is 0.514. The van der Waals surface area contributed by atoms with Crippen molar-refractivity contribution in [2.45, 2.75) is 20.0 Å². The molecule has 2 heteroatoms. The maximum absolute atomic E-state index is 5.71. The number of aryl methyl sites for hydroxylation is 1. The third kappa shape index (κ3) is 2.96. The van der Waals surface area contributed by atoms with Gasteiger partial charge in [0.2, 0.25) is 0 Å². The van der Waals surface area contributed by atoms with Gasteiger partial charge in [-0.2, -0.15) is 0 Å². The molecule has 0 heterocycles. The van der Waals surface area contributed by atoms with Crippen LogP contribution in [0.2, 0.25) is 13.1 Å². The molecule has 0 saturated carbocycles. The van der Waals surface area contributed by atoms with E-state index < -0.39 is 8.32 Å². The lowest BCUT2D eigenvalue weighted by atomic mass is 10.2. The van der Waals surface area contributed by atoms with Crippen LogP contribution >= 0.6 is 0 Å². The lowest BCUT2D eigenvalue weighted by Crippen LogP contribution is -2.32. The monoisotopic (exact) mass is 190 g/mol. The molecule has 0 aliphatic rings. The van der Waals surface area contributed by atoms with Gasteiger partial charge in [0.1, 0.15) is 5.75 Å². The Balaban J connectivity index is 2.77. The summed E-state index contributed by atoms with van der Waals surface area (Å²) in [6.07, 6.45) is 5.37. The van der Waals surface area contributed by atoms with E-state index in [-0.39, 0.29) is 0 Å². The predicted molar refractivity (Wildman–Crippen MR) is 58.1 cm³/mol. The fourth-order valence-corrected chi connectivity index (χ4v) is 1.71. The Bertz CT molecular complexity index is 319. The summed E-state index contributed by atoms with van der Waals surface area (Å²) < 4.78 is 5.71. The normalized spacial score (nSPS) is 10.6. The van der Waals surface area contributed by atoms with E-state index in [1.807, 2.05) is 44.3 Å². The molecule has 0 spiro atoms. The van der Waals surface area contributed by atoms with Gasteiger partial charge in [0.15, 0.2) is 0 Å². The highest BCUT2D eigenvalue weighted by molar-refractivity contribution is 6.79. The van der Waals surface area contributed by atoms with Crippen LogP contribution in [-0.4, -0.2) is 8.32 Å². The highest BCUT2D eigenvalue weighted by atomic mass is 28.4. The first-order valence-electron chi connectivity index (χ1n) is 4.27. The minimum atomic E-state index is -1.91. The van der Waals surface area contributed by atoms with E-state index in [1.165, 1.54) is 5.56 Å². The van der Waals surface area contributed by atoms with Crippen LogP contribution in [0.3, 0.4) is 0 Å². The molecule has 1 nitrogen and oxygen atoms in total. The maximum Gasteiger partial charge on any atom is 0.323 e. The van der Waals surface area contributed by atoms with Crippen LogP contribution in [0.1, 0.15) is 5.56 Å². The van der Waals surface area contributed by atoms with Crippen molar-refractivity contribution >= 4 is 8.32 Å². The summed E-state index contributed by atoms with van der Waals surface area (Å²) in [7, 11) is -1.91. The van der Waals surface area contributed by atoms with Crippen molar-refractivity contribution < 1.29 is 4.43 Å². The summed E-state index contributed by atoms with van der Waals surface area (Å²) in [5.41, 5.74) is 3.95. The van der Waals surface area contributed by atoms with Gasteiger partial charge in [0.25, 0.3) is 0 Å². The van der Waals surface area contributed by atoms with E-state index in [0.29, 0.717) is 0 Å². The van der Waals surface area contributed by atoms with Gasteiger partial charge in [0.05, 0.1) is 0 Å². The van der Waals surface area contributed by atoms with Gasteiger partial charge in [0, 0.05) is 0 Å². The average Bonchev–Trinajstić information content (AvgIpc) is 2.09. The number of hydrogen-bond donors (Lipinski definition) is 0. The zero-order valence-electron chi connectivity index (χ0n) is 8.29. The molecule has 0 amide bonds. The van der Waals surface area contributed by atoms with E-state index in [4.69, 9.17) is 10.8 Å². The molecule has 0 atom stereocenters. The topological polar surface area (TPSA) is 9.23 Å². The van der Waals surface area contributed by atoms with E-state index in [2.05, 4.69) is 5.54 Å². The van der Waals surface area contributed by atoms with Gasteiger partial charge in [-0.3, -0.25) is 0 Å². The van der Waals surface area contributed by atoms with Crippen LogP contribution in [0.25, 0.3) is 0 Å². The smallest absolute Gasteiger partial charge is 0.323 e. The largest absolute Gasteiger partial charge is 0.532 e. The van der Waals surface area contributed by atoms with Crippen molar-refractivity contribution in [2.24, 2.45) is 0 Å². The first kappa shape index (κ1) is 9.88. The van der Waals surface area contributed by atoms with E-state index in [1.54, 1.807) is 0 Å². The molecule has 0 unspecified atom stereocenters. The third-order valence-corrected chi connectivity index (χ3v) is 3.18. The molecule has 1 rings (SSSR count). The summed E-state index contributed by atoms with van der Waals surface area (Å²) >= 11 is 0. The van der Waals surface area contributed by atoms with Crippen LogP contribution in [-0.2, 0) is 0 Å². The summed E-state index contributed by atoms with van der Waals surface area (Å²) in [6.45, 7) is 6.06. The fourth-order valence-electron chi connectivity index (χ4n) is 0.930. The molecule has 0 bridgehead atoms. The van der Waals surface area contributed by atoms with Crippen LogP contribution in [0, 0.1) is 18.9 Å². The van der Waals surface area contributed by atoms with Crippen molar-refractivity contribution in [3.8, 4) is 17.7 Å². The standard InChI is InChI=1S/C11H14OSi/c1-5-13(3,4)12-11-8-6-10(2)7-9-11/h1,6-9H,2-4H3. The molecule has 0 radical (unpaired) electrons. The van der Waals surface area contributed by atoms with E-state index >= 15 is 0 Å². The Kier molecular flexibility index (Phi) is 2.79. The van der Waals surface area contributed by atoms with Crippen molar-refractivity contribution in [3.05, 3.63) is 29.8 Å². The number of hydrogen-bond acceptors (Lipinski definition) is 1. The second-order valence-electron chi connectivity index (χ2n) is 3.57. The van der Waals surface area contributed by atoms with Gasteiger partial charge in [-0.1, -0.05) is 23.2 Å². The SMILES string of the molecule is C#C[Si](C)(C)Oc1ccc(C)cc1. The second-order valence-corrected chi connectivity index (χ2v) is 7.08. The highest BCUT2D eigenvalue weighted by Gasteiger charge is 2.20. The number of terminal acetylenes is 1. The third-order valence-electron chi connectivity index (χ3n) is 1.74. The van der Waals surface area contributed by atoms with Crippen LogP contribution in [0.5, 0.6) is 5.75 Å². The molecule has 0 aromatic heterocycles. The Morgan fingerprint density at radius 1 is 1.23 bits per heavy atom. The first-order chi connectivity index (χ1) is 6.03. The minimum Gasteiger partial charge on any atom is -0.532 e. The summed E-state index contributed by atoms with van der Waals surface area (Å²) in [6, 6.07) is 7.97. The molecule has 0 N–H and O–H groups in total. The molecule has 13 heavy (non-hydrogen) atoms. The summed E-state index contributed by atoms with van der Waals surface area (Å²) in [5, 5.41) is 0. The van der Waals surface area contributed by atoms with Gasteiger partial charge in [-0.05, 0) is 32.2 Å². The number of rotatable bonds is 2.